The molecule has 0 saturated carbocycles. The van der Waals surface area contributed by atoms with Crippen LogP contribution < -0.4 is 0 Å². The van der Waals surface area contributed by atoms with Gasteiger partial charge in [-0.05, 0) is 12.1 Å². The first-order valence-corrected chi connectivity index (χ1v) is 3.29. The van der Waals surface area contributed by atoms with Gasteiger partial charge in [0.05, 0.1) is 9.85 Å². The van der Waals surface area contributed by atoms with Crippen molar-refractivity contribution in [2.45, 2.75) is 0 Å². The van der Waals surface area contributed by atoms with Crippen LogP contribution in [0.4, 0.5) is 11.4 Å². The molecule has 1 aromatic rings. The molecule has 0 aliphatic rings. The molecular formula is C6H4N2O6. The van der Waals surface area contributed by atoms with Gasteiger partial charge in [-0.25, -0.2) is 0 Å². The Kier molecular flexibility index (Phi) is 2.19. The average molecular weight is 200 g/mol. The van der Waals surface area contributed by atoms with E-state index in [2.05, 4.69) is 0 Å². The summed E-state index contributed by atoms with van der Waals surface area (Å²) in [5, 5.41) is 38.6. The summed E-state index contributed by atoms with van der Waals surface area (Å²) >= 11 is 0. The summed E-state index contributed by atoms with van der Waals surface area (Å²) in [6.07, 6.45) is 0. The summed E-state index contributed by atoms with van der Waals surface area (Å²) in [5.74, 6) is -1.72. The van der Waals surface area contributed by atoms with E-state index in [1.165, 1.54) is 0 Å². The molecule has 0 radical (unpaired) electrons. The monoisotopic (exact) mass is 200 g/mol. The predicted molar refractivity (Wildman–Crippen MR) is 43.1 cm³/mol. The van der Waals surface area contributed by atoms with E-state index < -0.39 is 32.7 Å². The number of rotatable bonds is 2. The SMILES string of the molecule is O=[N+]([O-])c1c(O)ccc(O)c1[N+](=O)[O-]. The fourth-order valence-electron chi connectivity index (χ4n) is 0.918. The minimum atomic E-state index is -1.13. The molecule has 1 rings (SSSR count). The van der Waals surface area contributed by atoms with Crippen LogP contribution in [-0.4, -0.2) is 20.1 Å². The average Bonchev–Trinajstić information content (AvgIpc) is 2.07. The zero-order valence-corrected chi connectivity index (χ0v) is 6.58. The zero-order chi connectivity index (χ0) is 10.9. The van der Waals surface area contributed by atoms with Crippen molar-refractivity contribution in [3.05, 3.63) is 32.4 Å². The van der Waals surface area contributed by atoms with E-state index in [1.807, 2.05) is 0 Å². The minimum absolute atomic E-state index is 0.806. The van der Waals surface area contributed by atoms with Gasteiger partial charge in [0.2, 0.25) is 11.5 Å². The van der Waals surface area contributed by atoms with E-state index in [0.29, 0.717) is 0 Å². The van der Waals surface area contributed by atoms with Crippen molar-refractivity contribution in [1.29, 1.82) is 0 Å². The van der Waals surface area contributed by atoms with Crippen LogP contribution in [0.3, 0.4) is 0 Å². The molecule has 0 aliphatic carbocycles. The van der Waals surface area contributed by atoms with E-state index >= 15 is 0 Å². The molecule has 0 spiro atoms. The topological polar surface area (TPSA) is 127 Å². The maximum atomic E-state index is 10.3. The van der Waals surface area contributed by atoms with Crippen LogP contribution in [0.2, 0.25) is 0 Å². The van der Waals surface area contributed by atoms with Crippen LogP contribution in [0.5, 0.6) is 11.5 Å². The first kappa shape index (κ1) is 9.71. The molecule has 0 bridgehead atoms. The number of nitro benzene ring substituents is 2. The molecule has 0 heterocycles. The number of nitro groups is 2. The van der Waals surface area contributed by atoms with Crippen LogP contribution in [-0.2, 0) is 0 Å². The summed E-state index contributed by atoms with van der Waals surface area (Å²) in [4.78, 5) is 18.4. The molecule has 8 nitrogen and oxygen atoms in total. The fraction of sp³-hybridized carbons (Fsp3) is 0. The Bertz CT molecular complexity index is 376. The lowest BCUT2D eigenvalue weighted by atomic mass is 10.2. The van der Waals surface area contributed by atoms with Crippen molar-refractivity contribution >= 4 is 11.4 Å². The van der Waals surface area contributed by atoms with Crippen LogP contribution in [0.1, 0.15) is 0 Å². The van der Waals surface area contributed by atoms with Crippen molar-refractivity contribution in [2.24, 2.45) is 0 Å². The Morgan fingerprint density at radius 1 is 0.929 bits per heavy atom. The van der Waals surface area contributed by atoms with Gasteiger partial charge >= 0.3 is 11.4 Å². The van der Waals surface area contributed by atoms with E-state index in [9.17, 15) is 20.2 Å². The molecular weight excluding hydrogens is 196 g/mol. The molecule has 14 heavy (non-hydrogen) atoms. The molecule has 0 saturated heterocycles. The molecule has 2 N–H and O–H groups in total. The second-order valence-electron chi connectivity index (χ2n) is 2.32. The van der Waals surface area contributed by atoms with E-state index in [1.54, 1.807) is 0 Å². The van der Waals surface area contributed by atoms with Crippen molar-refractivity contribution < 1.29 is 20.1 Å². The molecule has 74 valence electrons. The number of hydrogen-bond donors (Lipinski definition) is 2. The summed E-state index contributed by atoms with van der Waals surface area (Å²) < 4.78 is 0. The van der Waals surface area contributed by atoms with Gasteiger partial charge < -0.3 is 10.2 Å². The normalized spacial score (nSPS) is 9.71. The number of phenolic OH excluding ortho intramolecular Hbond substituents is 2. The number of nitrogens with zero attached hydrogens (tertiary/aromatic N) is 2. The lowest BCUT2D eigenvalue weighted by Crippen LogP contribution is -1.97. The summed E-state index contributed by atoms with van der Waals surface area (Å²) in [7, 11) is 0. The zero-order valence-electron chi connectivity index (χ0n) is 6.58. The quantitative estimate of drug-likeness (QED) is 0.415. The highest BCUT2D eigenvalue weighted by Crippen LogP contribution is 2.41. The van der Waals surface area contributed by atoms with Gasteiger partial charge in [-0.15, -0.1) is 0 Å². The van der Waals surface area contributed by atoms with Gasteiger partial charge in [-0.3, -0.25) is 20.2 Å². The maximum Gasteiger partial charge on any atom is 0.391 e. The van der Waals surface area contributed by atoms with Crippen molar-refractivity contribution in [2.75, 3.05) is 0 Å². The number of benzene rings is 1. The van der Waals surface area contributed by atoms with Gasteiger partial charge in [0.25, 0.3) is 0 Å². The number of hydrogen-bond acceptors (Lipinski definition) is 6. The number of aromatic hydroxyl groups is 2. The van der Waals surface area contributed by atoms with Gasteiger partial charge in [0.15, 0.2) is 0 Å². The molecule has 1 aromatic carbocycles. The molecule has 0 atom stereocenters. The smallest absolute Gasteiger partial charge is 0.391 e. The Morgan fingerprint density at radius 3 is 1.43 bits per heavy atom. The Balaban J connectivity index is 3.58. The minimum Gasteiger partial charge on any atom is -0.502 e. The van der Waals surface area contributed by atoms with Crippen LogP contribution >= 0.6 is 0 Å². The Hall–Kier alpha value is -2.38. The van der Waals surface area contributed by atoms with Crippen LogP contribution in [0.25, 0.3) is 0 Å². The summed E-state index contributed by atoms with van der Waals surface area (Å²) in [6.45, 7) is 0. The second kappa shape index (κ2) is 3.17. The standard InChI is InChI=1S/C6H4N2O6/c9-3-1-2-4(10)6(8(13)14)5(3)7(11)12/h1-2,9-10H. The third kappa shape index (κ3) is 1.40. The lowest BCUT2D eigenvalue weighted by Gasteiger charge is -1.98. The van der Waals surface area contributed by atoms with Crippen molar-refractivity contribution in [3.8, 4) is 11.5 Å². The lowest BCUT2D eigenvalue weighted by molar-refractivity contribution is -0.423. The fourth-order valence-corrected chi connectivity index (χ4v) is 0.918. The first-order valence-electron chi connectivity index (χ1n) is 3.29. The predicted octanol–water partition coefficient (Wildman–Crippen LogP) is 0.914. The Morgan fingerprint density at radius 2 is 1.21 bits per heavy atom. The van der Waals surface area contributed by atoms with Crippen molar-refractivity contribution in [3.63, 3.8) is 0 Å². The third-order valence-corrected chi connectivity index (χ3v) is 1.47. The maximum absolute atomic E-state index is 10.3. The summed E-state index contributed by atoms with van der Waals surface area (Å²) in [5.41, 5.74) is -2.23. The molecule has 0 aromatic heterocycles. The van der Waals surface area contributed by atoms with Gasteiger partial charge in [-0.1, -0.05) is 0 Å². The molecule has 0 unspecified atom stereocenters. The summed E-state index contributed by atoms with van der Waals surface area (Å²) in [6, 6.07) is 1.61. The number of phenols is 2. The van der Waals surface area contributed by atoms with Crippen LogP contribution in [0, 0.1) is 20.2 Å². The largest absolute Gasteiger partial charge is 0.502 e. The second-order valence-corrected chi connectivity index (χ2v) is 2.32. The molecule has 8 heteroatoms. The first-order chi connectivity index (χ1) is 6.45. The Labute approximate surface area is 76.3 Å². The van der Waals surface area contributed by atoms with Gasteiger partial charge in [0.1, 0.15) is 0 Å². The molecule has 0 fully saturated rings. The van der Waals surface area contributed by atoms with E-state index in [0.717, 1.165) is 12.1 Å². The third-order valence-electron chi connectivity index (χ3n) is 1.47. The van der Waals surface area contributed by atoms with E-state index in [4.69, 9.17) is 10.2 Å². The van der Waals surface area contributed by atoms with Gasteiger partial charge in [0, 0.05) is 0 Å². The molecule has 0 aliphatic heterocycles. The van der Waals surface area contributed by atoms with Gasteiger partial charge in [-0.2, -0.15) is 0 Å². The van der Waals surface area contributed by atoms with Crippen LogP contribution in [0.15, 0.2) is 12.1 Å². The highest BCUT2D eigenvalue weighted by Gasteiger charge is 2.32. The van der Waals surface area contributed by atoms with Crippen molar-refractivity contribution in [1.82, 2.24) is 0 Å². The molecule has 0 amide bonds. The highest BCUT2D eigenvalue weighted by atomic mass is 16.6. The highest BCUT2D eigenvalue weighted by molar-refractivity contribution is 5.67. The van der Waals surface area contributed by atoms with E-state index in [-0.39, 0.29) is 0 Å².